The molecule has 2 aromatic carbocycles. The molecule has 2 N–H and O–H groups in total. The fraction of sp³-hybridized carbons (Fsp3) is 0.316. The highest BCUT2D eigenvalue weighted by molar-refractivity contribution is 7.92. The second-order valence-electron chi connectivity index (χ2n) is 6.19. The zero-order valence-electron chi connectivity index (χ0n) is 15.2. The monoisotopic (exact) mass is 376 g/mol. The Hall–Kier alpha value is -2.54. The lowest BCUT2D eigenvalue weighted by atomic mass is 10.1. The van der Waals surface area contributed by atoms with Crippen molar-refractivity contribution in [3.63, 3.8) is 0 Å². The minimum absolute atomic E-state index is 0.121. The third kappa shape index (κ3) is 5.49. The van der Waals surface area contributed by atoms with Gasteiger partial charge in [0.2, 0.25) is 0 Å². The van der Waals surface area contributed by atoms with Crippen molar-refractivity contribution in [3.05, 3.63) is 54.1 Å². The lowest BCUT2D eigenvalue weighted by molar-refractivity contribution is 0.0949. The summed E-state index contributed by atoms with van der Waals surface area (Å²) in [7, 11) is -3.75. The molecule has 0 saturated heterocycles. The van der Waals surface area contributed by atoms with Gasteiger partial charge in [0.05, 0.1) is 11.5 Å². The molecule has 2 rings (SSSR count). The van der Waals surface area contributed by atoms with Crippen LogP contribution in [0.25, 0.3) is 0 Å². The summed E-state index contributed by atoms with van der Waals surface area (Å²) in [6, 6.07) is 12.6. The third-order valence-corrected chi connectivity index (χ3v) is 4.89. The van der Waals surface area contributed by atoms with Gasteiger partial charge in [-0.05, 0) is 55.3 Å². The van der Waals surface area contributed by atoms with Crippen LogP contribution in [0, 0.1) is 5.92 Å². The van der Waals surface area contributed by atoms with Crippen molar-refractivity contribution in [1.29, 1.82) is 0 Å². The van der Waals surface area contributed by atoms with E-state index in [0.717, 1.165) is 0 Å². The molecule has 0 fully saturated rings. The number of carbonyl (C=O) groups excluding carboxylic acids is 1. The first-order valence-electron chi connectivity index (χ1n) is 8.45. The molecule has 0 heterocycles. The van der Waals surface area contributed by atoms with Gasteiger partial charge in [-0.3, -0.25) is 9.52 Å². The maximum Gasteiger partial charge on any atom is 0.261 e. The van der Waals surface area contributed by atoms with Gasteiger partial charge in [0.25, 0.3) is 15.9 Å². The van der Waals surface area contributed by atoms with Crippen molar-refractivity contribution in [3.8, 4) is 5.75 Å². The summed E-state index contributed by atoms with van der Waals surface area (Å²) in [4.78, 5) is 12.3. The quantitative estimate of drug-likeness (QED) is 0.740. The molecule has 2 aromatic rings. The van der Waals surface area contributed by atoms with Crippen molar-refractivity contribution in [2.24, 2.45) is 5.92 Å². The van der Waals surface area contributed by atoms with E-state index in [-0.39, 0.29) is 10.8 Å². The second kappa shape index (κ2) is 8.71. The van der Waals surface area contributed by atoms with E-state index in [9.17, 15) is 13.2 Å². The Balaban J connectivity index is 2.14. The fourth-order valence-corrected chi connectivity index (χ4v) is 3.27. The van der Waals surface area contributed by atoms with Crippen LogP contribution in [0.3, 0.4) is 0 Å². The SMILES string of the molecule is CCOc1ccc(S(=O)(=O)Nc2cccc(C(=O)NCC(C)C)c2)cc1. The summed E-state index contributed by atoms with van der Waals surface area (Å²) in [6.45, 7) is 6.93. The predicted octanol–water partition coefficient (Wildman–Crippen LogP) is 3.27. The van der Waals surface area contributed by atoms with E-state index in [4.69, 9.17) is 4.74 Å². The van der Waals surface area contributed by atoms with E-state index in [0.29, 0.717) is 36.1 Å². The molecule has 7 heteroatoms. The number of ether oxygens (including phenoxy) is 1. The number of rotatable bonds is 8. The van der Waals surface area contributed by atoms with Crippen LogP contribution in [0.15, 0.2) is 53.4 Å². The highest BCUT2D eigenvalue weighted by atomic mass is 32.2. The highest BCUT2D eigenvalue weighted by Crippen LogP contribution is 2.20. The minimum Gasteiger partial charge on any atom is -0.494 e. The molecular formula is C19H24N2O4S. The zero-order valence-corrected chi connectivity index (χ0v) is 16.0. The van der Waals surface area contributed by atoms with Crippen LogP contribution < -0.4 is 14.8 Å². The molecule has 0 aliphatic heterocycles. The van der Waals surface area contributed by atoms with Gasteiger partial charge in [-0.25, -0.2) is 8.42 Å². The first-order chi connectivity index (χ1) is 12.3. The number of nitrogens with one attached hydrogen (secondary N) is 2. The summed E-state index contributed by atoms with van der Waals surface area (Å²) in [6.07, 6.45) is 0. The Morgan fingerprint density at radius 3 is 2.42 bits per heavy atom. The average molecular weight is 376 g/mol. The van der Waals surface area contributed by atoms with E-state index < -0.39 is 10.0 Å². The number of carbonyl (C=O) groups is 1. The maximum absolute atomic E-state index is 12.5. The summed E-state index contributed by atoms with van der Waals surface area (Å²) in [5.74, 6) is 0.705. The molecule has 0 aliphatic carbocycles. The van der Waals surface area contributed by atoms with Gasteiger partial charge in [-0.2, -0.15) is 0 Å². The van der Waals surface area contributed by atoms with Crippen LogP contribution in [-0.2, 0) is 10.0 Å². The molecule has 0 aliphatic rings. The molecule has 0 radical (unpaired) electrons. The number of sulfonamides is 1. The molecule has 6 nitrogen and oxygen atoms in total. The largest absolute Gasteiger partial charge is 0.494 e. The third-order valence-electron chi connectivity index (χ3n) is 3.49. The molecule has 0 atom stereocenters. The van der Waals surface area contributed by atoms with Gasteiger partial charge in [0.15, 0.2) is 0 Å². The molecule has 0 aromatic heterocycles. The first-order valence-corrected chi connectivity index (χ1v) is 9.94. The highest BCUT2D eigenvalue weighted by Gasteiger charge is 2.15. The molecule has 140 valence electrons. The second-order valence-corrected chi connectivity index (χ2v) is 7.88. The normalized spacial score (nSPS) is 11.2. The summed E-state index contributed by atoms with van der Waals surface area (Å²) in [5, 5.41) is 2.81. The van der Waals surface area contributed by atoms with E-state index in [1.54, 1.807) is 30.3 Å². The zero-order chi connectivity index (χ0) is 19.2. The predicted molar refractivity (Wildman–Crippen MR) is 102 cm³/mol. The molecule has 0 spiro atoms. The average Bonchev–Trinajstić information content (AvgIpc) is 2.60. The van der Waals surface area contributed by atoms with Gasteiger partial charge in [0, 0.05) is 17.8 Å². The van der Waals surface area contributed by atoms with Gasteiger partial charge in [-0.15, -0.1) is 0 Å². The summed E-state index contributed by atoms with van der Waals surface area (Å²) >= 11 is 0. The van der Waals surface area contributed by atoms with E-state index >= 15 is 0 Å². The summed E-state index contributed by atoms with van der Waals surface area (Å²) in [5.41, 5.74) is 0.730. The van der Waals surface area contributed by atoms with E-state index in [1.165, 1.54) is 18.2 Å². The molecule has 26 heavy (non-hydrogen) atoms. The minimum atomic E-state index is -3.75. The van der Waals surface area contributed by atoms with Gasteiger partial charge >= 0.3 is 0 Å². The van der Waals surface area contributed by atoms with Crippen LogP contribution in [0.1, 0.15) is 31.1 Å². The van der Waals surface area contributed by atoms with Crippen molar-refractivity contribution < 1.29 is 17.9 Å². The van der Waals surface area contributed by atoms with Gasteiger partial charge < -0.3 is 10.1 Å². The van der Waals surface area contributed by atoms with Gasteiger partial charge in [0.1, 0.15) is 5.75 Å². The van der Waals surface area contributed by atoms with Crippen molar-refractivity contribution >= 4 is 21.6 Å². The number of benzene rings is 2. The Kier molecular flexibility index (Phi) is 6.63. The Bertz CT molecular complexity index is 846. The molecule has 1 amide bonds. The maximum atomic E-state index is 12.5. The topological polar surface area (TPSA) is 84.5 Å². The number of hydrogen-bond acceptors (Lipinski definition) is 4. The van der Waals surface area contributed by atoms with E-state index in [1.807, 2.05) is 20.8 Å². The standard InChI is InChI=1S/C19H24N2O4S/c1-4-25-17-8-10-18(11-9-17)26(23,24)21-16-7-5-6-15(12-16)19(22)20-13-14(2)3/h5-12,14,21H,4,13H2,1-3H3,(H,20,22). The van der Waals surface area contributed by atoms with E-state index in [2.05, 4.69) is 10.0 Å². The molecule has 0 bridgehead atoms. The Morgan fingerprint density at radius 1 is 1.12 bits per heavy atom. The Labute approximate surface area is 154 Å². The van der Waals surface area contributed by atoms with Crippen molar-refractivity contribution in [1.82, 2.24) is 5.32 Å². The van der Waals surface area contributed by atoms with Crippen LogP contribution >= 0.6 is 0 Å². The molecule has 0 saturated carbocycles. The van der Waals surface area contributed by atoms with Gasteiger partial charge in [-0.1, -0.05) is 19.9 Å². The van der Waals surface area contributed by atoms with Crippen LogP contribution in [0.4, 0.5) is 5.69 Å². The molecular weight excluding hydrogens is 352 g/mol. The number of hydrogen-bond donors (Lipinski definition) is 2. The van der Waals surface area contributed by atoms with Crippen molar-refractivity contribution in [2.45, 2.75) is 25.7 Å². The Morgan fingerprint density at radius 2 is 1.81 bits per heavy atom. The molecule has 0 unspecified atom stereocenters. The number of amides is 1. The van der Waals surface area contributed by atoms with Crippen LogP contribution in [0.2, 0.25) is 0 Å². The van der Waals surface area contributed by atoms with Crippen LogP contribution in [0.5, 0.6) is 5.75 Å². The fourth-order valence-electron chi connectivity index (χ4n) is 2.22. The lowest BCUT2D eigenvalue weighted by Crippen LogP contribution is -2.27. The van der Waals surface area contributed by atoms with Crippen LogP contribution in [-0.4, -0.2) is 27.5 Å². The summed E-state index contributed by atoms with van der Waals surface area (Å²) < 4.78 is 32.8. The smallest absolute Gasteiger partial charge is 0.261 e. The van der Waals surface area contributed by atoms with Crippen molar-refractivity contribution in [2.75, 3.05) is 17.9 Å². The number of anilines is 1. The first kappa shape index (κ1) is 19.8. The lowest BCUT2D eigenvalue weighted by Gasteiger charge is -2.11.